The smallest absolute Gasteiger partial charge is 0.241 e. The summed E-state index contributed by atoms with van der Waals surface area (Å²) in [5.41, 5.74) is 0.885. The van der Waals surface area contributed by atoms with Crippen LogP contribution in [0.15, 0.2) is 58.2 Å². The zero-order valence-electron chi connectivity index (χ0n) is 12.4. The molecule has 0 aliphatic rings. The molecular weight excluding hydrogens is 382 g/mol. The molecule has 2 rings (SSSR count). The van der Waals surface area contributed by atoms with Gasteiger partial charge in [-0.25, -0.2) is 8.42 Å². The van der Waals surface area contributed by atoms with Gasteiger partial charge in [-0.1, -0.05) is 15.9 Å². The lowest BCUT2D eigenvalue weighted by atomic mass is 10.2. The molecule has 1 atom stereocenters. The molecular formula is C15H16BrN3O3S. The van der Waals surface area contributed by atoms with Crippen LogP contribution in [0.5, 0.6) is 0 Å². The molecule has 0 fully saturated rings. The summed E-state index contributed by atoms with van der Waals surface area (Å²) >= 11 is 3.25. The SMILES string of the molecule is CC(NS(=O)(=O)c1ccc(Br)cc1)C(=O)NCc1ccncc1. The number of nitrogens with zero attached hydrogens (tertiary/aromatic N) is 1. The average Bonchev–Trinajstić information content (AvgIpc) is 2.53. The van der Waals surface area contributed by atoms with Gasteiger partial charge in [-0.15, -0.1) is 0 Å². The van der Waals surface area contributed by atoms with Crippen molar-refractivity contribution in [1.29, 1.82) is 0 Å². The molecule has 23 heavy (non-hydrogen) atoms. The van der Waals surface area contributed by atoms with Crippen LogP contribution in [-0.2, 0) is 21.4 Å². The van der Waals surface area contributed by atoms with Gasteiger partial charge in [0.05, 0.1) is 10.9 Å². The van der Waals surface area contributed by atoms with E-state index in [9.17, 15) is 13.2 Å². The Labute approximate surface area is 143 Å². The first-order valence-corrected chi connectivity index (χ1v) is 9.10. The maximum Gasteiger partial charge on any atom is 0.241 e. The van der Waals surface area contributed by atoms with Crippen LogP contribution in [0.2, 0.25) is 0 Å². The molecule has 122 valence electrons. The normalized spacial score (nSPS) is 12.6. The Balaban J connectivity index is 1.96. The summed E-state index contributed by atoms with van der Waals surface area (Å²) in [5, 5.41) is 2.68. The molecule has 8 heteroatoms. The van der Waals surface area contributed by atoms with Crippen LogP contribution in [0.4, 0.5) is 0 Å². The first-order chi connectivity index (χ1) is 10.9. The Morgan fingerprint density at radius 2 is 1.78 bits per heavy atom. The van der Waals surface area contributed by atoms with Crippen molar-refractivity contribution in [2.75, 3.05) is 0 Å². The first-order valence-electron chi connectivity index (χ1n) is 6.83. The molecule has 6 nitrogen and oxygen atoms in total. The lowest BCUT2D eigenvalue weighted by molar-refractivity contribution is -0.122. The molecule has 2 aromatic rings. The minimum atomic E-state index is -3.75. The maximum atomic E-state index is 12.2. The van der Waals surface area contributed by atoms with Crippen LogP contribution < -0.4 is 10.0 Å². The number of carbonyl (C=O) groups excluding carboxylic acids is 1. The highest BCUT2D eigenvalue weighted by atomic mass is 79.9. The van der Waals surface area contributed by atoms with E-state index in [0.29, 0.717) is 6.54 Å². The Kier molecular flexibility index (Phi) is 5.86. The lowest BCUT2D eigenvalue weighted by Crippen LogP contribution is -2.44. The summed E-state index contributed by atoms with van der Waals surface area (Å²) in [4.78, 5) is 16.0. The molecule has 1 aromatic carbocycles. The molecule has 2 N–H and O–H groups in total. The van der Waals surface area contributed by atoms with Gasteiger partial charge in [0.2, 0.25) is 15.9 Å². The minimum absolute atomic E-state index is 0.106. The summed E-state index contributed by atoms with van der Waals surface area (Å²) in [6.45, 7) is 1.81. The Hall–Kier alpha value is -1.77. The van der Waals surface area contributed by atoms with Gasteiger partial charge >= 0.3 is 0 Å². The molecule has 1 unspecified atom stereocenters. The summed E-state index contributed by atoms with van der Waals surface area (Å²) in [5.74, 6) is -0.400. The summed E-state index contributed by atoms with van der Waals surface area (Å²) in [6, 6.07) is 8.85. The van der Waals surface area contributed by atoms with Crippen molar-refractivity contribution < 1.29 is 13.2 Å². The number of rotatable bonds is 6. The van der Waals surface area contributed by atoms with E-state index >= 15 is 0 Å². The Bertz CT molecular complexity index is 764. The predicted octanol–water partition coefficient (Wildman–Crippen LogP) is 1.83. The van der Waals surface area contributed by atoms with Crippen molar-refractivity contribution in [2.24, 2.45) is 0 Å². The van der Waals surface area contributed by atoms with E-state index in [1.165, 1.54) is 19.1 Å². The van der Waals surface area contributed by atoms with E-state index < -0.39 is 22.0 Å². The molecule has 1 aromatic heterocycles. The molecule has 0 aliphatic heterocycles. The van der Waals surface area contributed by atoms with E-state index in [-0.39, 0.29) is 4.90 Å². The Morgan fingerprint density at radius 1 is 1.17 bits per heavy atom. The number of aromatic nitrogens is 1. The van der Waals surface area contributed by atoms with Gasteiger partial charge in [0, 0.05) is 23.4 Å². The summed E-state index contributed by atoms with van der Waals surface area (Å²) in [6.07, 6.45) is 3.25. The molecule has 0 spiro atoms. The van der Waals surface area contributed by atoms with Crippen LogP contribution in [0.1, 0.15) is 12.5 Å². The second kappa shape index (κ2) is 7.67. The number of hydrogen-bond acceptors (Lipinski definition) is 4. The van der Waals surface area contributed by atoms with Gasteiger partial charge < -0.3 is 5.32 Å². The highest BCUT2D eigenvalue weighted by molar-refractivity contribution is 9.10. The van der Waals surface area contributed by atoms with Gasteiger partial charge in [0.15, 0.2) is 0 Å². The van der Waals surface area contributed by atoms with Gasteiger partial charge in [-0.05, 0) is 48.9 Å². The molecule has 0 bridgehead atoms. The zero-order chi connectivity index (χ0) is 16.9. The van der Waals surface area contributed by atoms with E-state index in [0.717, 1.165) is 10.0 Å². The number of amides is 1. The molecule has 0 saturated carbocycles. The van der Waals surface area contributed by atoms with Crippen molar-refractivity contribution in [3.8, 4) is 0 Å². The number of halogens is 1. The summed E-state index contributed by atoms with van der Waals surface area (Å²) in [7, 11) is -3.75. The van der Waals surface area contributed by atoms with Crippen LogP contribution in [0.3, 0.4) is 0 Å². The lowest BCUT2D eigenvalue weighted by Gasteiger charge is -2.14. The highest BCUT2D eigenvalue weighted by Gasteiger charge is 2.21. The van der Waals surface area contributed by atoms with Crippen LogP contribution >= 0.6 is 15.9 Å². The fourth-order valence-corrected chi connectivity index (χ4v) is 3.28. The number of benzene rings is 1. The highest BCUT2D eigenvalue weighted by Crippen LogP contribution is 2.14. The first kappa shape index (κ1) is 17.6. The second-order valence-electron chi connectivity index (χ2n) is 4.87. The quantitative estimate of drug-likeness (QED) is 0.777. The van der Waals surface area contributed by atoms with Gasteiger partial charge in [0.25, 0.3) is 0 Å². The number of hydrogen-bond donors (Lipinski definition) is 2. The van der Waals surface area contributed by atoms with Gasteiger partial charge in [-0.3, -0.25) is 9.78 Å². The van der Waals surface area contributed by atoms with E-state index in [2.05, 4.69) is 31.0 Å². The monoisotopic (exact) mass is 397 g/mol. The number of sulfonamides is 1. The predicted molar refractivity (Wildman–Crippen MR) is 90.0 cm³/mol. The van der Waals surface area contributed by atoms with Gasteiger partial charge in [-0.2, -0.15) is 4.72 Å². The molecule has 1 amide bonds. The number of pyridine rings is 1. The fraction of sp³-hybridized carbons (Fsp3) is 0.200. The standard InChI is InChI=1S/C15H16BrN3O3S/c1-11(15(20)18-10-12-6-8-17-9-7-12)19-23(21,22)14-4-2-13(16)3-5-14/h2-9,11,19H,10H2,1H3,(H,18,20). The van der Waals surface area contributed by atoms with E-state index in [1.807, 2.05) is 0 Å². The molecule has 1 heterocycles. The van der Waals surface area contributed by atoms with E-state index in [4.69, 9.17) is 0 Å². The molecule has 0 saturated heterocycles. The third-order valence-corrected chi connectivity index (χ3v) is 5.15. The van der Waals surface area contributed by atoms with Crippen LogP contribution in [0.25, 0.3) is 0 Å². The van der Waals surface area contributed by atoms with E-state index in [1.54, 1.807) is 36.7 Å². The molecule has 0 radical (unpaired) electrons. The topological polar surface area (TPSA) is 88.2 Å². The fourth-order valence-electron chi connectivity index (χ4n) is 1.81. The number of nitrogens with one attached hydrogen (secondary N) is 2. The minimum Gasteiger partial charge on any atom is -0.351 e. The second-order valence-corrected chi connectivity index (χ2v) is 7.50. The molecule has 0 aliphatic carbocycles. The van der Waals surface area contributed by atoms with Crippen LogP contribution in [-0.4, -0.2) is 25.4 Å². The zero-order valence-corrected chi connectivity index (χ0v) is 14.8. The van der Waals surface area contributed by atoms with Crippen molar-refractivity contribution in [3.63, 3.8) is 0 Å². The average molecular weight is 398 g/mol. The van der Waals surface area contributed by atoms with Crippen molar-refractivity contribution in [3.05, 3.63) is 58.8 Å². The summed E-state index contributed by atoms with van der Waals surface area (Å²) < 4.78 is 27.6. The van der Waals surface area contributed by atoms with Gasteiger partial charge in [0.1, 0.15) is 0 Å². The van der Waals surface area contributed by atoms with Crippen molar-refractivity contribution in [1.82, 2.24) is 15.0 Å². The van der Waals surface area contributed by atoms with Crippen molar-refractivity contribution >= 4 is 31.9 Å². The third kappa shape index (κ3) is 5.12. The Morgan fingerprint density at radius 3 is 2.39 bits per heavy atom. The third-order valence-electron chi connectivity index (χ3n) is 3.07. The largest absolute Gasteiger partial charge is 0.351 e. The number of carbonyl (C=O) groups is 1. The maximum absolute atomic E-state index is 12.2. The van der Waals surface area contributed by atoms with Crippen LogP contribution in [0, 0.1) is 0 Å². The van der Waals surface area contributed by atoms with Crippen molar-refractivity contribution in [2.45, 2.75) is 24.4 Å².